The van der Waals surface area contributed by atoms with Crippen molar-refractivity contribution in [3.8, 4) is 0 Å². The summed E-state index contributed by atoms with van der Waals surface area (Å²) in [5.74, 6) is 0. The lowest BCUT2D eigenvalue weighted by Crippen LogP contribution is -1.85. The van der Waals surface area contributed by atoms with E-state index in [9.17, 15) is 4.57 Å². The third kappa shape index (κ3) is 0.875. The van der Waals surface area contributed by atoms with Gasteiger partial charge in [-0.25, -0.2) is 0 Å². The molecule has 1 N–H and O–H groups in total. The van der Waals surface area contributed by atoms with Gasteiger partial charge in [0.25, 0.3) is 0 Å². The number of hydrogen-bond donors (Lipinski definition) is 1. The predicted molar refractivity (Wildman–Crippen MR) is 28.0 cm³/mol. The Balaban J connectivity index is 2.96. The summed E-state index contributed by atoms with van der Waals surface area (Å²) in [5, 5.41) is 0. The highest BCUT2D eigenvalue weighted by Gasteiger charge is 1.83. The van der Waals surface area contributed by atoms with Gasteiger partial charge < -0.3 is 4.98 Å². The van der Waals surface area contributed by atoms with Crippen molar-refractivity contribution in [3.63, 3.8) is 0 Å². The highest BCUT2D eigenvalue weighted by Crippen LogP contribution is 1.88. The molecule has 0 aliphatic carbocycles. The van der Waals surface area contributed by atoms with Gasteiger partial charge in [0, 0.05) is 6.20 Å². The lowest BCUT2D eigenvalue weighted by atomic mass is 10.7. The van der Waals surface area contributed by atoms with Gasteiger partial charge in [0.2, 0.25) is 8.46 Å². The molecule has 1 rings (SSSR count). The molecule has 0 aromatic carbocycles. The van der Waals surface area contributed by atoms with Gasteiger partial charge in [-0.3, -0.25) is 4.57 Å². The molecular formula is C4H4NOP. The summed E-state index contributed by atoms with van der Waals surface area (Å²) < 4.78 is 9.93. The largest absolute Gasteiger partial charge is 0.355 e. The van der Waals surface area contributed by atoms with E-state index in [0.717, 1.165) is 5.44 Å². The fourth-order valence-electron chi connectivity index (χ4n) is 0.378. The number of aromatic amines is 1. The smallest absolute Gasteiger partial charge is 0.210 e. The van der Waals surface area contributed by atoms with Crippen molar-refractivity contribution >= 4 is 13.9 Å². The van der Waals surface area contributed by atoms with E-state index in [1.54, 1.807) is 18.3 Å². The standard InChI is InChI=1S/C4H4NOP/c6-7-4-2-1-3-5-4/h1-3,5H. The fraction of sp³-hybridized carbons (Fsp3) is 0. The van der Waals surface area contributed by atoms with Gasteiger partial charge in [0.1, 0.15) is 5.44 Å². The molecule has 0 radical (unpaired) electrons. The molecule has 1 heterocycles. The highest BCUT2D eigenvalue weighted by molar-refractivity contribution is 7.33. The lowest BCUT2D eigenvalue weighted by Gasteiger charge is -1.68. The van der Waals surface area contributed by atoms with Crippen LogP contribution in [0.25, 0.3) is 0 Å². The van der Waals surface area contributed by atoms with Crippen molar-refractivity contribution in [2.45, 2.75) is 0 Å². The van der Waals surface area contributed by atoms with Crippen LogP contribution in [0.4, 0.5) is 0 Å². The Morgan fingerprint density at radius 1 is 1.71 bits per heavy atom. The van der Waals surface area contributed by atoms with Gasteiger partial charge in [-0.1, -0.05) is 0 Å². The second-order valence-corrected chi connectivity index (χ2v) is 1.81. The molecule has 2 nitrogen and oxygen atoms in total. The molecule has 0 unspecified atom stereocenters. The van der Waals surface area contributed by atoms with Gasteiger partial charge in [-0.15, -0.1) is 0 Å². The molecule has 0 aliphatic rings. The van der Waals surface area contributed by atoms with Crippen LogP contribution in [0.1, 0.15) is 0 Å². The van der Waals surface area contributed by atoms with E-state index in [1.165, 1.54) is 0 Å². The molecule has 0 bridgehead atoms. The van der Waals surface area contributed by atoms with Crippen LogP contribution in [0.2, 0.25) is 0 Å². The van der Waals surface area contributed by atoms with Gasteiger partial charge in [0.15, 0.2) is 0 Å². The molecule has 3 heteroatoms. The molecule has 1 aromatic heterocycles. The predicted octanol–water partition coefficient (Wildman–Crippen LogP) is 0.932. The Labute approximate surface area is 42.8 Å². The maximum absolute atomic E-state index is 9.93. The number of H-pyrrole nitrogens is 1. The van der Waals surface area contributed by atoms with E-state index in [4.69, 9.17) is 0 Å². The van der Waals surface area contributed by atoms with E-state index < -0.39 is 0 Å². The monoisotopic (exact) mass is 113 g/mol. The van der Waals surface area contributed by atoms with Crippen LogP contribution >= 0.6 is 8.46 Å². The van der Waals surface area contributed by atoms with Crippen molar-refractivity contribution in [2.75, 3.05) is 0 Å². The summed E-state index contributed by atoms with van der Waals surface area (Å²) in [7, 11) is 0.0594. The first-order valence-corrected chi connectivity index (χ1v) is 2.71. The molecule has 36 valence electrons. The lowest BCUT2D eigenvalue weighted by molar-refractivity contribution is 0.602. The average Bonchev–Trinajstić information content (AvgIpc) is 2.14. The Hall–Kier alpha value is -0.620. The maximum Gasteiger partial charge on any atom is 0.210 e. The van der Waals surface area contributed by atoms with Crippen LogP contribution in [-0.4, -0.2) is 4.98 Å². The fourth-order valence-corrected chi connectivity index (χ4v) is 0.652. The first kappa shape index (κ1) is 4.54. The molecule has 0 spiro atoms. The zero-order chi connectivity index (χ0) is 5.11. The van der Waals surface area contributed by atoms with Crippen LogP contribution in [0, 0.1) is 0 Å². The minimum Gasteiger partial charge on any atom is -0.355 e. The van der Waals surface area contributed by atoms with Crippen LogP contribution in [0.15, 0.2) is 18.3 Å². The summed E-state index contributed by atoms with van der Waals surface area (Å²) in [5.41, 5.74) is 0.722. The molecular weight excluding hydrogens is 109 g/mol. The molecule has 0 saturated heterocycles. The van der Waals surface area contributed by atoms with Crippen molar-refractivity contribution in [1.82, 2.24) is 4.98 Å². The van der Waals surface area contributed by atoms with Crippen molar-refractivity contribution in [3.05, 3.63) is 18.3 Å². The Kier molecular flexibility index (Phi) is 1.23. The number of aromatic nitrogens is 1. The first-order chi connectivity index (χ1) is 3.43. The third-order valence-corrected chi connectivity index (χ3v) is 1.15. The Morgan fingerprint density at radius 2 is 2.57 bits per heavy atom. The summed E-state index contributed by atoms with van der Waals surface area (Å²) >= 11 is 0. The molecule has 1 aromatic rings. The topological polar surface area (TPSA) is 32.9 Å². The number of hydrogen-bond acceptors (Lipinski definition) is 1. The number of rotatable bonds is 1. The summed E-state index contributed by atoms with van der Waals surface area (Å²) in [6.07, 6.45) is 1.74. The van der Waals surface area contributed by atoms with Crippen LogP contribution in [-0.2, 0) is 4.57 Å². The Bertz CT molecular complexity index is 147. The molecule has 0 amide bonds. The van der Waals surface area contributed by atoms with E-state index in [2.05, 4.69) is 4.98 Å². The normalized spacial score (nSPS) is 9.71. The van der Waals surface area contributed by atoms with Gasteiger partial charge >= 0.3 is 0 Å². The summed E-state index contributed by atoms with van der Waals surface area (Å²) in [6.45, 7) is 0. The minimum absolute atomic E-state index is 0.0594. The molecule has 0 aliphatic heterocycles. The number of nitrogens with one attached hydrogen (secondary N) is 1. The SMILES string of the molecule is O=Pc1ccc[nH]1. The average molecular weight is 113 g/mol. The Morgan fingerprint density at radius 3 is 2.86 bits per heavy atom. The van der Waals surface area contributed by atoms with Crippen molar-refractivity contribution in [1.29, 1.82) is 0 Å². The van der Waals surface area contributed by atoms with E-state index in [0.29, 0.717) is 0 Å². The molecule has 7 heavy (non-hydrogen) atoms. The second-order valence-electron chi connectivity index (χ2n) is 1.15. The van der Waals surface area contributed by atoms with Crippen molar-refractivity contribution < 1.29 is 4.57 Å². The first-order valence-electron chi connectivity index (χ1n) is 1.90. The van der Waals surface area contributed by atoms with Crippen LogP contribution in [0.5, 0.6) is 0 Å². The second kappa shape index (κ2) is 1.90. The maximum atomic E-state index is 9.93. The zero-order valence-electron chi connectivity index (χ0n) is 3.59. The van der Waals surface area contributed by atoms with E-state index >= 15 is 0 Å². The van der Waals surface area contributed by atoms with Crippen LogP contribution in [0.3, 0.4) is 0 Å². The van der Waals surface area contributed by atoms with Gasteiger partial charge in [0.05, 0.1) is 0 Å². The molecule has 0 fully saturated rings. The van der Waals surface area contributed by atoms with Crippen molar-refractivity contribution in [2.24, 2.45) is 0 Å². The van der Waals surface area contributed by atoms with E-state index in [-0.39, 0.29) is 8.46 Å². The van der Waals surface area contributed by atoms with Crippen LogP contribution < -0.4 is 5.44 Å². The van der Waals surface area contributed by atoms with E-state index in [1.807, 2.05) is 0 Å². The molecule has 0 saturated carbocycles. The molecule has 0 atom stereocenters. The summed E-state index contributed by atoms with van der Waals surface area (Å²) in [6, 6.07) is 3.56. The van der Waals surface area contributed by atoms with Gasteiger partial charge in [-0.2, -0.15) is 0 Å². The van der Waals surface area contributed by atoms with Gasteiger partial charge in [-0.05, 0) is 12.1 Å². The zero-order valence-corrected chi connectivity index (χ0v) is 4.48. The minimum atomic E-state index is 0.0594. The highest BCUT2D eigenvalue weighted by atomic mass is 31.1. The third-order valence-electron chi connectivity index (χ3n) is 0.680. The quantitative estimate of drug-likeness (QED) is 0.540. The summed E-state index contributed by atoms with van der Waals surface area (Å²) in [4.78, 5) is 2.76.